The molecule has 84 valence electrons. The van der Waals surface area contributed by atoms with Gasteiger partial charge in [-0.15, -0.1) is 0 Å². The summed E-state index contributed by atoms with van der Waals surface area (Å²) < 4.78 is 13.8. The molecular weight excluding hydrogens is 203 g/mol. The number of hydrogen-bond acceptors (Lipinski definition) is 1. The molecule has 16 heavy (non-hydrogen) atoms. The Hall–Kier alpha value is -1.35. The van der Waals surface area contributed by atoms with Crippen molar-refractivity contribution in [2.75, 3.05) is 0 Å². The molecule has 3 N–H and O–H groups in total. The minimum absolute atomic E-state index is 0.0599. The number of aromatic amines is 1. The van der Waals surface area contributed by atoms with Gasteiger partial charge in [-0.2, -0.15) is 0 Å². The van der Waals surface area contributed by atoms with Crippen LogP contribution < -0.4 is 5.73 Å². The van der Waals surface area contributed by atoms with Crippen LogP contribution in [0.5, 0.6) is 0 Å². The van der Waals surface area contributed by atoms with Gasteiger partial charge in [0.15, 0.2) is 0 Å². The Balaban J connectivity index is 2.27. The van der Waals surface area contributed by atoms with Gasteiger partial charge in [0.1, 0.15) is 5.82 Å². The summed E-state index contributed by atoms with van der Waals surface area (Å²) in [6, 6.07) is 5.07. The number of fused-ring (bicyclic) bond motifs is 1. The first-order valence-electron chi connectivity index (χ1n) is 5.51. The van der Waals surface area contributed by atoms with Crippen LogP contribution in [0.15, 0.2) is 24.4 Å². The van der Waals surface area contributed by atoms with Gasteiger partial charge in [0.25, 0.3) is 0 Å². The largest absolute Gasteiger partial charge is 0.361 e. The Morgan fingerprint density at radius 2 is 2.06 bits per heavy atom. The highest BCUT2D eigenvalue weighted by atomic mass is 19.1. The molecule has 0 bridgehead atoms. The summed E-state index contributed by atoms with van der Waals surface area (Å²) in [5.74, 6) is -0.193. The summed E-state index contributed by atoms with van der Waals surface area (Å²) >= 11 is 0. The number of hydrogen-bond donors (Lipinski definition) is 2. The molecule has 0 saturated heterocycles. The molecule has 3 rings (SSSR count). The molecule has 1 aromatic heterocycles. The highest BCUT2D eigenvalue weighted by Gasteiger charge is 2.60. The number of nitrogens with two attached hydrogens (primary N) is 1. The molecular formula is C13H15FN2. The molecule has 1 atom stereocenters. The van der Waals surface area contributed by atoms with E-state index >= 15 is 0 Å². The monoisotopic (exact) mass is 218 g/mol. The minimum atomic E-state index is -0.382. The van der Waals surface area contributed by atoms with Gasteiger partial charge in [-0.05, 0) is 24.0 Å². The minimum Gasteiger partial charge on any atom is -0.361 e. The molecule has 1 aromatic carbocycles. The molecule has 1 aliphatic carbocycles. The lowest BCUT2D eigenvalue weighted by atomic mass is 9.96. The molecule has 0 radical (unpaired) electrons. The fourth-order valence-corrected chi connectivity index (χ4v) is 2.60. The number of nitrogens with one attached hydrogen (secondary N) is 1. The third-order valence-corrected chi connectivity index (χ3v) is 3.94. The summed E-state index contributed by atoms with van der Waals surface area (Å²) in [5, 5.41) is 0.649. The van der Waals surface area contributed by atoms with E-state index in [9.17, 15) is 4.39 Å². The Kier molecular flexibility index (Phi) is 1.64. The van der Waals surface area contributed by atoms with E-state index in [1.165, 1.54) is 6.07 Å². The second-order valence-electron chi connectivity index (χ2n) is 5.40. The number of halogens is 1. The van der Waals surface area contributed by atoms with Gasteiger partial charge < -0.3 is 10.7 Å². The van der Waals surface area contributed by atoms with Crippen molar-refractivity contribution in [3.63, 3.8) is 0 Å². The quantitative estimate of drug-likeness (QED) is 0.759. The van der Waals surface area contributed by atoms with Gasteiger partial charge >= 0.3 is 0 Å². The van der Waals surface area contributed by atoms with E-state index in [2.05, 4.69) is 18.8 Å². The molecule has 1 heterocycles. The van der Waals surface area contributed by atoms with E-state index in [4.69, 9.17) is 5.73 Å². The van der Waals surface area contributed by atoms with Crippen molar-refractivity contribution in [1.82, 2.24) is 4.98 Å². The molecule has 3 heteroatoms. The van der Waals surface area contributed by atoms with E-state index in [0.717, 1.165) is 17.5 Å². The topological polar surface area (TPSA) is 41.8 Å². The Morgan fingerprint density at radius 3 is 2.69 bits per heavy atom. The summed E-state index contributed by atoms with van der Waals surface area (Å²) in [4.78, 5) is 3.09. The molecule has 1 saturated carbocycles. The zero-order valence-electron chi connectivity index (χ0n) is 9.47. The molecule has 1 aliphatic rings. The second kappa shape index (κ2) is 2.66. The van der Waals surface area contributed by atoms with Crippen LogP contribution in [0.4, 0.5) is 4.39 Å². The molecule has 0 amide bonds. The number of H-pyrrole nitrogens is 1. The maximum Gasteiger partial charge on any atom is 0.132 e. The summed E-state index contributed by atoms with van der Waals surface area (Å²) in [7, 11) is 0. The fraction of sp³-hybridized carbons (Fsp3) is 0.385. The lowest BCUT2D eigenvalue weighted by Crippen LogP contribution is -2.25. The van der Waals surface area contributed by atoms with Crippen molar-refractivity contribution in [3.8, 4) is 0 Å². The Labute approximate surface area is 93.6 Å². The van der Waals surface area contributed by atoms with Crippen LogP contribution in [-0.2, 0) is 5.54 Å². The second-order valence-corrected chi connectivity index (χ2v) is 5.40. The van der Waals surface area contributed by atoms with Crippen molar-refractivity contribution in [3.05, 3.63) is 35.8 Å². The highest BCUT2D eigenvalue weighted by Crippen LogP contribution is 2.61. The standard InChI is InChI=1S/C13H15FN2/c1-12(2)7-13(12,15)8-6-16-10-5-3-4-9(14)11(8)10/h3-6,16H,7,15H2,1-2H3. The van der Waals surface area contributed by atoms with E-state index < -0.39 is 0 Å². The zero-order valence-corrected chi connectivity index (χ0v) is 9.47. The summed E-state index contributed by atoms with van der Waals surface area (Å²) in [6.07, 6.45) is 2.75. The van der Waals surface area contributed by atoms with Crippen molar-refractivity contribution in [2.24, 2.45) is 11.1 Å². The molecule has 1 unspecified atom stereocenters. The third-order valence-electron chi connectivity index (χ3n) is 3.94. The normalized spacial score (nSPS) is 27.2. The Morgan fingerprint density at radius 1 is 1.38 bits per heavy atom. The van der Waals surface area contributed by atoms with Crippen LogP contribution in [0.3, 0.4) is 0 Å². The number of rotatable bonds is 1. The third kappa shape index (κ3) is 1.04. The Bertz CT molecular complexity index is 570. The van der Waals surface area contributed by atoms with Crippen LogP contribution in [0.1, 0.15) is 25.8 Å². The van der Waals surface area contributed by atoms with E-state index in [0.29, 0.717) is 5.39 Å². The average Bonchev–Trinajstić information content (AvgIpc) is 2.62. The smallest absolute Gasteiger partial charge is 0.132 e. The zero-order chi connectivity index (χ0) is 11.6. The molecule has 0 spiro atoms. The first kappa shape index (κ1) is 9.85. The number of benzene rings is 1. The van der Waals surface area contributed by atoms with Gasteiger partial charge in [-0.25, -0.2) is 4.39 Å². The van der Waals surface area contributed by atoms with E-state index in [1.807, 2.05) is 12.3 Å². The number of aromatic nitrogens is 1. The van der Waals surface area contributed by atoms with Gasteiger partial charge in [0.2, 0.25) is 0 Å². The molecule has 1 fully saturated rings. The van der Waals surface area contributed by atoms with E-state index in [1.54, 1.807) is 6.07 Å². The predicted octanol–water partition coefficient (Wildman–Crippen LogP) is 2.89. The van der Waals surface area contributed by atoms with Crippen LogP contribution in [-0.4, -0.2) is 4.98 Å². The van der Waals surface area contributed by atoms with Crippen LogP contribution in [0, 0.1) is 11.2 Å². The van der Waals surface area contributed by atoms with Crippen LogP contribution in [0.25, 0.3) is 10.9 Å². The maximum atomic E-state index is 13.8. The first-order valence-corrected chi connectivity index (χ1v) is 5.51. The molecule has 2 nitrogen and oxygen atoms in total. The van der Waals surface area contributed by atoms with Crippen molar-refractivity contribution in [1.29, 1.82) is 0 Å². The lowest BCUT2D eigenvalue weighted by molar-refractivity contribution is 0.511. The molecule has 2 aromatic rings. The lowest BCUT2D eigenvalue weighted by Gasteiger charge is -2.14. The van der Waals surface area contributed by atoms with Crippen molar-refractivity contribution >= 4 is 10.9 Å². The maximum absolute atomic E-state index is 13.8. The van der Waals surface area contributed by atoms with Crippen LogP contribution >= 0.6 is 0 Å². The molecule has 0 aliphatic heterocycles. The SMILES string of the molecule is CC1(C)CC1(N)c1c[nH]c2cccc(F)c12. The van der Waals surface area contributed by atoms with E-state index in [-0.39, 0.29) is 16.8 Å². The van der Waals surface area contributed by atoms with Gasteiger partial charge in [0.05, 0.1) is 0 Å². The summed E-state index contributed by atoms with van der Waals surface area (Å²) in [6.45, 7) is 4.24. The van der Waals surface area contributed by atoms with Gasteiger partial charge in [0, 0.05) is 28.2 Å². The van der Waals surface area contributed by atoms with Crippen molar-refractivity contribution < 1.29 is 4.39 Å². The average molecular weight is 218 g/mol. The first-order chi connectivity index (χ1) is 7.46. The summed E-state index contributed by atoms with van der Waals surface area (Å²) in [5.41, 5.74) is 7.75. The highest BCUT2D eigenvalue weighted by molar-refractivity contribution is 5.85. The predicted molar refractivity (Wildman–Crippen MR) is 62.5 cm³/mol. The van der Waals surface area contributed by atoms with Crippen molar-refractivity contribution in [2.45, 2.75) is 25.8 Å². The van der Waals surface area contributed by atoms with Crippen LogP contribution in [0.2, 0.25) is 0 Å². The fourth-order valence-electron chi connectivity index (χ4n) is 2.60. The van der Waals surface area contributed by atoms with Gasteiger partial charge in [-0.3, -0.25) is 0 Å². The van der Waals surface area contributed by atoms with Gasteiger partial charge in [-0.1, -0.05) is 19.9 Å².